The molecule has 1 amide bonds. The number of methoxy groups -OCH3 is 1. The number of nitrogens with one attached hydrogen (secondary N) is 1. The van der Waals surface area contributed by atoms with E-state index in [9.17, 15) is 4.79 Å². The summed E-state index contributed by atoms with van der Waals surface area (Å²) in [5.41, 5.74) is 3.31. The summed E-state index contributed by atoms with van der Waals surface area (Å²) in [6.45, 7) is 1.31. The summed E-state index contributed by atoms with van der Waals surface area (Å²) in [6, 6.07) is 18.2. The van der Waals surface area contributed by atoms with Crippen LogP contribution in [0.5, 0.6) is 6.01 Å². The number of hydrogen-bond donors (Lipinski definition) is 1. The third-order valence-corrected chi connectivity index (χ3v) is 4.94. The third kappa shape index (κ3) is 6.10. The van der Waals surface area contributed by atoms with Gasteiger partial charge in [0.2, 0.25) is 0 Å². The smallest absolute Gasteiger partial charge is 0.316 e. The van der Waals surface area contributed by atoms with Gasteiger partial charge in [0.25, 0.3) is 5.91 Å². The van der Waals surface area contributed by atoms with Gasteiger partial charge in [-0.1, -0.05) is 42.5 Å². The molecule has 7 nitrogen and oxygen atoms in total. The van der Waals surface area contributed by atoms with Crippen molar-refractivity contribution in [3.8, 4) is 6.01 Å². The second-order valence-electron chi connectivity index (χ2n) is 7.10. The van der Waals surface area contributed by atoms with Crippen molar-refractivity contribution in [3.05, 3.63) is 83.7 Å². The van der Waals surface area contributed by atoms with E-state index in [1.54, 1.807) is 11.9 Å². The third-order valence-electron chi connectivity index (χ3n) is 4.94. The minimum Gasteiger partial charge on any atom is -0.467 e. The van der Waals surface area contributed by atoms with Gasteiger partial charge in [-0.15, -0.1) is 0 Å². The Hall–Kier alpha value is -3.29. The quantitative estimate of drug-likeness (QED) is 0.540. The van der Waals surface area contributed by atoms with Crippen molar-refractivity contribution in [1.82, 2.24) is 15.3 Å². The Morgan fingerprint density at radius 3 is 2.52 bits per heavy atom. The molecule has 3 rings (SSSR count). The monoisotopic (exact) mass is 420 g/mol. The predicted molar refractivity (Wildman–Crippen MR) is 120 cm³/mol. The molecule has 0 radical (unpaired) electrons. The highest BCUT2D eigenvalue weighted by atomic mass is 16.5. The molecule has 0 aliphatic heterocycles. The largest absolute Gasteiger partial charge is 0.467 e. The van der Waals surface area contributed by atoms with Gasteiger partial charge in [-0.25, -0.2) is 9.97 Å². The normalized spacial score (nSPS) is 11.7. The Labute approximate surface area is 183 Å². The fourth-order valence-electron chi connectivity index (χ4n) is 3.18. The van der Waals surface area contributed by atoms with Crippen molar-refractivity contribution in [2.45, 2.75) is 19.1 Å². The van der Waals surface area contributed by atoms with E-state index in [1.165, 1.54) is 19.5 Å². The van der Waals surface area contributed by atoms with E-state index in [1.807, 2.05) is 49.5 Å². The van der Waals surface area contributed by atoms with Gasteiger partial charge in [0, 0.05) is 25.1 Å². The molecule has 1 N–H and O–H groups in total. The van der Waals surface area contributed by atoms with Crippen LogP contribution in [0.1, 0.15) is 34.0 Å². The van der Waals surface area contributed by atoms with Crippen molar-refractivity contribution >= 4 is 11.6 Å². The summed E-state index contributed by atoms with van der Waals surface area (Å²) in [7, 11) is 5.15. The zero-order valence-electron chi connectivity index (χ0n) is 18.1. The van der Waals surface area contributed by atoms with Gasteiger partial charge in [0.05, 0.1) is 25.4 Å². The van der Waals surface area contributed by atoms with Crippen LogP contribution in [0.2, 0.25) is 0 Å². The van der Waals surface area contributed by atoms with E-state index in [0.717, 1.165) is 29.8 Å². The molecule has 31 heavy (non-hydrogen) atoms. The maximum Gasteiger partial charge on any atom is 0.316 e. The number of rotatable bonds is 10. The summed E-state index contributed by atoms with van der Waals surface area (Å²) in [5.74, 6) is -0.197. The van der Waals surface area contributed by atoms with Gasteiger partial charge in [0.1, 0.15) is 0 Å². The Kier molecular flexibility index (Phi) is 8.09. The first-order valence-corrected chi connectivity index (χ1v) is 10.2. The predicted octanol–water partition coefficient (Wildman–Crippen LogP) is 3.63. The molecule has 0 bridgehead atoms. The number of anilines is 1. The molecule has 0 aliphatic rings. The highest BCUT2D eigenvalue weighted by Crippen LogP contribution is 2.24. The zero-order chi connectivity index (χ0) is 22.1. The molecule has 0 aliphatic carbocycles. The minimum atomic E-state index is -0.197. The highest BCUT2D eigenvalue weighted by molar-refractivity contribution is 6.05. The lowest BCUT2D eigenvalue weighted by Crippen LogP contribution is -2.26. The average molecular weight is 421 g/mol. The average Bonchev–Trinajstić information content (AvgIpc) is 2.84. The lowest BCUT2D eigenvalue weighted by Gasteiger charge is -2.20. The van der Waals surface area contributed by atoms with Crippen LogP contribution in [0.3, 0.4) is 0 Å². The Bertz CT molecular complexity index is 964. The van der Waals surface area contributed by atoms with E-state index < -0.39 is 0 Å². The Morgan fingerprint density at radius 2 is 1.84 bits per heavy atom. The van der Waals surface area contributed by atoms with Gasteiger partial charge in [-0.3, -0.25) is 4.79 Å². The number of ether oxygens (including phenoxy) is 2. The number of carbonyl (C=O) groups excluding carboxylic acids is 1. The standard InChI is InChI=1S/C24H28N4O3/c1-25-13-12-22(19-9-5-4-6-10-19)31-17-18-8-7-11-21(14-18)28(2)23(29)20-15-26-24(30-3)27-16-20/h4-11,14-16,22,25H,12-13,17H2,1-3H3. The van der Waals surface area contributed by atoms with Gasteiger partial charge in [-0.05, 0) is 43.3 Å². The number of aromatic nitrogens is 2. The molecule has 1 unspecified atom stereocenters. The summed E-state index contributed by atoms with van der Waals surface area (Å²) < 4.78 is 11.2. The molecule has 7 heteroatoms. The summed E-state index contributed by atoms with van der Waals surface area (Å²) in [6.07, 6.45) is 3.79. The van der Waals surface area contributed by atoms with E-state index in [4.69, 9.17) is 9.47 Å². The van der Waals surface area contributed by atoms with Crippen molar-refractivity contribution in [3.63, 3.8) is 0 Å². The van der Waals surface area contributed by atoms with Crippen LogP contribution in [0.25, 0.3) is 0 Å². The summed E-state index contributed by atoms with van der Waals surface area (Å²) in [4.78, 5) is 22.4. The molecular weight excluding hydrogens is 392 g/mol. The molecule has 0 spiro atoms. The maximum atomic E-state index is 12.8. The van der Waals surface area contributed by atoms with Crippen LogP contribution >= 0.6 is 0 Å². The SMILES string of the molecule is CNCCC(OCc1cccc(N(C)C(=O)c2cnc(OC)nc2)c1)c1ccccc1. The fourth-order valence-corrected chi connectivity index (χ4v) is 3.18. The van der Waals surface area contributed by atoms with Crippen molar-refractivity contribution in [2.24, 2.45) is 0 Å². The van der Waals surface area contributed by atoms with Gasteiger partial charge in [0.15, 0.2) is 0 Å². The van der Waals surface area contributed by atoms with Crippen LogP contribution in [-0.2, 0) is 11.3 Å². The second kappa shape index (κ2) is 11.2. The van der Waals surface area contributed by atoms with Crippen LogP contribution in [-0.4, -0.2) is 43.6 Å². The van der Waals surface area contributed by atoms with Crippen LogP contribution in [0.4, 0.5) is 5.69 Å². The Morgan fingerprint density at radius 1 is 1.10 bits per heavy atom. The van der Waals surface area contributed by atoms with E-state index >= 15 is 0 Å². The van der Waals surface area contributed by atoms with E-state index in [0.29, 0.717) is 12.2 Å². The first kappa shape index (κ1) is 22.4. The minimum absolute atomic E-state index is 0.00637. The molecule has 1 aromatic heterocycles. The molecule has 162 valence electrons. The van der Waals surface area contributed by atoms with Crippen LogP contribution < -0.4 is 15.0 Å². The van der Waals surface area contributed by atoms with E-state index in [2.05, 4.69) is 27.4 Å². The van der Waals surface area contributed by atoms with Crippen molar-refractivity contribution in [2.75, 3.05) is 32.6 Å². The van der Waals surface area contributed by atoms with Crippen molar-refractivity contribution in [1.29, 1.82) is 0 Å². The molecule has 2 aromatic carbocycles. The summed E-state index contributed by atoms with van der Waals surface area (Å²) >= 11 is 0. The van der Waals surface area contributed by atoms with Gasteiger partial charge in [-0.2, -0.15) is 0 Å². The number of nitrogens with zero attached hydrogens (tertiary/aromatic N) is 3. The van der Waals surface area contributed by atoms with Gasteiger partial charge < -0.3 is 19.7 Å². The molecule has 0 saturated carbocycles. The lowest BCUT2D eigenvalue weighted by molar-refractivity contribution is 0.0344. The van der Waals surface area contributed by atoms with Crippen LogP contribution in [0, 0.1) is 0 Å². The van der Waals surface area contributed by atoms with Gasteiger partial charge >= 0.3 is 6.01 Å². The highest BCUT2D eigenvalue weighted by Gasteiger charge is 2.16. The summed E-state index contributed by atoms with van der Waals surface area (Å²) in [5, 5.41) is 3.18. The maximum absolute atomic E-state index is 12.8. The zero-order valence-corrected chi connectivity index (χ0v) is 18.1. The lowest BCUT2D eigenvalue weighted by atomic mass is 10.1. The number of hydrogen-bond acceptors (Lipinski definition) is 6. The van der Waals surface area contributed by atoms with E-state index in [-0.39, 0.29) is 18.0 Å². The first-order valence-electron chi connectivity index (χ1n) is 10.2. The molecule has 0 saturated heterocycles. The second-order valence-corrected chi connectivity index (χ2v) is 7.10. The molecule has 3 aromatic rings. The number of carbonyl (C=O) groups is 1. The van der Waals surface area contributed by atoms with Crippen molar-refractivity contribution < 1.29 is 14.3 Å². The van der Waals surface area contributed by atoms with Crippen LogP contribution in [0.15, 0.2) is 67.0 Å². The molecule has 0 fully saturated rings. The topological polar surface area (TPSA) is 76.6 Å². The fraction of sp³-hybridized carbons (Fsp3) is 0.292. The molecule has 1 atom stereocenters. The molecular formula is C24H28N4O3. The first-order chi connectivity index (χ1) is 15.1. The number of amides is 1. The number of benzene rings is 2. The Balaban J connectivity index is 1.69. The molecule has 1 heterocycles.